The van der Waals surface area contributed by atoms with E-state index in [2.05, 4.69) is 4.90 Å². The third-order valence-electron chi connectivity index (χ3n) is 5.57. The number of hydrogen-bond donors (Lipinski definition) is 0. The third-order valence-corrected chi connectivity index (χ3v) is 5.57. The fraction of sp³-hybridized carbons (Fsp3) is 0.364. The first kappa shape index (κ1) is 18.5. The molecule has 2 amide bonds. The molecular formula is C22H24N2O4. The van der Waals surface area contributed by atoms with Gasteiger partial charge in [0.15, 0.2) is 11.5 Å². The molecule has 146 valence electrons. The molecule has 2 aromatic carbocycles. The van der Waals surface area contributed by atoms with Crippen LogP contribution in [0.25, 0.3) is 0 Å². The topological polar surface area (TPSA) is 59.1 Å². The second-order valence-corrected chi connectivity index (χ2v) is 7.32. The minimum absolute atomic E-state index is 0.139. The quantitative estimate of drug-likeness (QED) is 0.764. The Balaban J connectivity index is 1.58. The van der Waals surface area contributed by atoms with Crippen molar-refractivity contribution in [3.05, 3.63) is 53.1 Å². The maximum Gasteiger partial charge on any atom is 0.251 e. The lowest BCUT2D eigenvalue weighted by molar-refractivity contribution is -0.123. The van der Waals surface area contributed by atoms with Crippen LogP contribution in [0.4, 0.5) is 5.69 Å². The second-order valence-electron chi connectivity index (χ2n) is 7.32. The minimum Gasteiger partial charge on any atom is -0.493 e. The van der Waals surface area contributed by atoms with Gasteiger partial charge in [0.05, 0.1) is 32.4 Å². The van der Waals surface area contributed by atoms with Gasteiger partial charge in [-0.05, 0) is 54.3 Å². The van der Waals surface area contributed by atoms with Crippen LogP contribution in [0.5, 0.6) is 11.5 Å². The van der Waals surface area contributed by atoms with Gasteiger partial charge >= 0.3 is 0 Å². The van der Waals surface area contributed by atoms with Crippen molar-refractivity contribution in [2.45, 2.75) is 32.4 Å². The average Bonchev–Trinajstić information content (AvgIpc) is 3.00. The molecule has 28 heavy (non-hydrogen) atoms. The minimum atomic E-state index is -0.422. The molecule has 0 N–H and O–H groups in total. The van der Waals surface area contributed by atoms with Gasteiger partial charge in [0.2, 0.25) is 5.91 Å². The monoisotopic (exact) mass is 380 g/mol. The molecule has 0 aliphatic carbocycles. The summed E-state index contributed by atoms with van der Waals surface area (Å²) in [5.74, 6) is 1.11. The normalized spacial score (nSPS) is 19.7. The van der Waals surface area contributed by atoms with Crippen molar-refractivity contribution in [3.63, 3.8) is 0 Å². The van der Waals surface area contributed by atoms with Crippen LogP contribution in [0.1, 0.15) is 23.1 Å². The van der Waals surface area contributed by atoms with E-state index in [-0.39, 0.29) is 18.2 Å². The molecule has 0 unspecified atom stereocenters. The number of rotatable bonds is 4. The van der Waals surface area contributed by atoms with Crippen LogP contribution in [0.2, 0.25) is 0 Å². The molecule has 4 rings (SSSR count). The van der Waals surface area contributed by atoms with E-state index in [0.717, 1.165) is 24.1 Å². The number of benzene rings is 2. The Hall–Kier alpha value is -2.86. The van der Waals surface area contributed by atoms with Crippen LogP contribution in [-0.4, -0.2) is 43.5 Å². The maximum absolute atomic E-state index is 13.1. The van der Waals surface area contributed by atoms with Gasteiger partial charge in [-0.15, -0.1) is 0 Å². The molecule has 1 fully saturated rings. The number of methoxy groups -OCH3 is 2. The van der Waals surface area contributed by atoms with Crippen molar-refractivity contribution < 1.29 is 19.1 Å². The van der Waals surface area contributed by atoms with E-state index in [1.165, 1.54) is 10.5 Å². The van der Waals surface area contributed by atoms with Crippen LogP contribution < -0.4 is 14.4 Å². The number of anilines is 1. The van der Waals surface area contributed by atoms with Crippen molar-refractivity contribution in [1.29, 1.82) is 0 Å². The van der Waals surface area contributed by atoms with Crippen LogP contribution in [-0.2, 0) is 22.6 Å². The molecule has 0 saturated carbocycles. The Morgan fingerprint density at radius 2 is 1.71 bits per heavy atom. The smallest absolute Gasteiger partial charge is 0.251 e. The Labute approximate surface area is 164 Å². The Morgan fingerprint density at radius 1 is 1.00 bits per heavy atom. The number of carbonyl (C=O) groups excluding carboxylic acids is 2. The predicted octanol–water partition coefficient (Wildman–Crippen LogP) is 2.70. The van der Waals surface area contributed by atoms with Crippen molar-refractivity contribution in [1.82, 2.24) is 4.90 Å². The first-order chi connectivity index (χ1) is 13.5. The van der Waals surface area contributed by atoms with Gasteiger partial charge in [-0.25, -0.2) is 4.90 Å². The van der Waals surface area contributed by atoms with E-state index in [1.807, 2.05) is 43.3 Å². The molecule has 1 atom stereocenters. The number of carbonyl (C=O) groups is 2. The first-order valence-corrected chi connectivity index (χ1v) is 9.43. The third kappa shape index (κ3) is 3.14. The van der Waals surface area contributed by atoms with E-state index in [0.29, 0.717) is 23.7 Å². The SMILES string of the molecule is COc1cc2c(cc1OC)CN([C@@H]1CC(=O)N(c3cccc(C)c3)C1=O)CC2. The Morgan fingerprint density at radius 3 is 2.39 bits per heavy atom. The van der Waals surface area contributed by atoms with Gasteiger partial charge in [0.1, 0.15) is 0 Å². The number of nitrogens with zero attached hydrogens (tertiary/aromatic N) is 2. The lowest BCUT2D eigenvalue weighted by Gasteiger charge is -2.32. The molecule has 2 aliphatic heterocycles. The zero-order valence-electron chi connectivity index (χ0n) is 16.4. The molecule has 2 aliphatic rings. The van der Waals surface area contributed by atoms with Crippen LogP contribution >= 0.6 is 0 Å². The molecule has 0 bridgehead atoms. The fourth-order valence-electron chi connectivity index (χ4n) is 4.11. The largest absolute Gasteiger partial charge is 0.493 e. The molecule has 0 aromatic heterocycles. The summed E-state index contributed by atoms with van der Waals surface area (Å²) in [4.78, 5) is 29.1. The van der Waals surface area contributed by atoms with Crippen molar-refractivity contribution in [3.8, 4) is 11.5 Å². The van der Waals surface area contributed by atoms with Crippen LogP contribution in [0, 0.1) is 6.92 Å². The molecule has 6 heteroatoms. The van der Waals surface area contributed by atoms with Gasteiger partial charge in [-0.1, -0.05) is 12.1 Å². The van der Waals surface area contributed by atoms with E-state index < -0.39 is 6.04 Å². The predicted molar refractivity (Wildman–Crippen MR) is 106 cm³/mol. The molecule has 0 spiro atoms. The molecule has 2 aromatic rings. The highest BCUT2D eigenvalue weighted by atomic mass is 16.5. The zero-order valence-corrected chi connectivity index (χ0v) is 16.4. The van der Waals surface area contributed by atoms with Crippen molar-refractivity contribution in [2.75, 3.05) is 25.7 Å². The summed E-state index contributed by atoms with van der Waals surface area (Å²) in [5, 5.41) is 0. The number of amides is 2. The summed E-state index contributed by atoms with van der Waals surface area (Å²) >= 11 is 0. The number of hydrogen-bond acceptors (Lipinski definition) is 5. The van der Waals surface area contributed by atoms with Crippen LogP contribution in [0.15, 0.2) is 36.4 Å². The summed E-state index contributed by atoms with van der Waals surface area (Å²) < 4.78 is 10.8. The number of aryl methyl sites for hydroxylation is 1. The lowest BCUT2D eigenvalue weighted by Crippen LogP contribution is -2.44. The van der Waals surface area contributed by atoms with Crippen molar-refractivity contribution >= 4 is 17.5 Å². The number of imide groups is 1. The Kier molecular flexibility index (Phi) is 4.81. The second kappa shape index (κ2) is 7.28. The summed E-state index contributed by atoms with van der Waals surface area (Å²) in [6, 6.07) is 11.1. The van der Waals surface area contributed by atoms with Gasteiger partial charge in [-0.2, -0.15) is 0 Å². The Bertz CT molecular complexity index is 940. The van der Waals surface area contributed by atoms with E-state index in [1.54, 1.807) is 14.2 Å². The van der Waals surface area contributed by atoms with Crippen LogP contribution in [0.3, 0.4) is 0 Å². The average molecular weight is 380 g/mol. The molecule has 0 radical (unpaired) electrons. The highest BCUT2D eigenvalue weighted by molar-refractivity contribution is 6.22. The van der Waals surface area contributed by atoms with Crippen molar-refractivity contribution in [2.24, 2.45) is 0 Å². The lowest BCUT2D eigenvalue weighted by atomic mass is 9.97. The van der Waals surface area contributed by atoms with Gasteiger partial charge in [0.25, 0.3) is 5.91 Å². The molecular weight excluding hydrogens is 356 g/mol. The van der Waals surface area contributed by atoms with E-state index in [9.17, 15) is 9.59 Å². The summed E-state index contributed by atoms with van der Waals surface area (Å²) in [6.07, 6.45) is 1.02. The fourth-order valence-corrected chi connectivity index (χ4v) is 4.11. The van der Waals surface area contributed by atoms with E-state index >= 15 is 0 Å². The number of ether oxygens (including phenoxy) is 2. The summed E-state index contributed by atoms with van der Waals surface area (Å²) in [7, 11) is 3.24. The highest BCUT2D eigenvalue weighted by Crippen LogP contribution is 2.35. The first-order valence-electron chi connectivity index (χ1n) is 9.43. The summed E-state index contributed by atoms with van der Waals surface area (Å²) in [5.41, 5.74) is 3.98. The highest BCUT2D eigenvalue weighted by Gasteiger charge is 2.43. The van der Waals surface area contributed by atoms with Gasteiger partial charge in [-0.3, -0.25) is 14.5 Å². The zero-order chi connectivity index (χ0) is 19.8. The molecule has 6 nitrogen and oxygen atoms in total. The van der Waals surface area contributed by atoms with Gasteiger partial charge in [0, 0.05) is 13.1 Å². The molecule has 1 saturated heterocycles. The van der Waals surface area contributed by atoms with E-state index in [4.69, 9.17) is 9.47 Å². The van der Waals surface area contributed by atoms with Gasteiger partial charge < -0.3 is 9.47 Å². The standard InChI is InChI=1S/C22H24N2O4/c1-14-5-4-6-17(9-14)24-21(25)12-18(22(24)26)23-8-7-15-10-19(27-2)20(28-3)11-16(15)13-23/h4-6,9-11,18H,7-8,12-13H2,1-3H3/t18-/m1/s1. The summed E-state index contributed by atoms with van der Waals surface area (Å²) in [6.45, 7) is 3.30. The molecule has 2 heterocycles. The number of fused-ring (bicyclic) bond motifs is 1. The maximum atomic E-state index is 13.1.